The fraction of sp³-hybridized carbons (Fsp3) is 0. The van der Waals surface area contributed by atoms with Crippen LogP contribution in [0.3, 0.4) is 0 Å². The van der Waals surface area contributed by atoms with Crippen molar-refractivity contribution in [1.29, 1.82) is 10.5 Å². The van der Waals surface area contributed by atoms with Gasteiger partial charge in [0.2, 0.25) is 0 Å². The van der Waals surface area contributed by atoms with Gasteiger partial charge in [0, 0.05) is 33.4 Å². The second kappa shape index (κ2) is 19.1. The zero-order valence-corrected chi connectivity index (χ0v) is 37.8. The lowest BCUT2D eigenvalue weighted by atomic mass is 9.90. The molecule has 2 aromatic heterocycles. The number of hydrogen-bond donors (Lipinski definition) is 0. The molecule has 0 amide bonds. The number of aromatic nitrogens is 4. The van der Waals surface area contributed by atoms with Crippen molar-refractivity contribution in [3.63, 3.8) is 0 Å². The number of benzene rings is 9. The SMILES string of the molecule is N#Cc1cccc(-c2cccc(-c3cc(-c4ccccc4)nc(-c4cccc(-c5ccccc5-c5ccccc5-c5cc(-c6cccc(-c7cccc(C#N)c7)c6)nc(-c6ccccc6)n5)c4)n3)c2)c1. The van der Waals surface area contributed by atoms with Gasteiger partial charge in [-0.15, -0.1) is 0 Å². The Morgan fingerprint density at radius 3 is 1.13 bits per heavy atom. The fourth-order valence-corrected chi connectivity index (χ4v) is 8.92. The zero-order chi connectivity index (χ0) is 47.2. The van der Waals surface area contributed by atoms with Gasteiger partial charge in [-0.3, -0.25) is 0 Å². The molecule has 0 spiro atoms. The lowest BCUT2D eigenvalue weighted by molar-refractivity contribution is 1.18. The Bertz CT molecular complexity index is 3810. The molecule has 11 aromatic rings. The van der Waals surface area contributed by atoms with E-state index in [9.17, 15) is 10.5 Å². The molecule has 11 rings (SSSR count). The third kappa shape index (κ3) is 8.88. The molecule has 0 unspecified atom stereocenters. The summed E-state index contributed by atoms with van der Waals surface area (Å²) in [6, 6.07) is 86.2. The molecule has 2 heterocycles. The average molecular weight is 893 g/mol. The molecular formula is C64H40N6. The summed E-state index contributed by atoms with van der Waals surface area (Å²) in [5.41, 5.74) is 18.1. The highest BCUT2D eigenvalue weighted by atomic mass is 14.9. The van der Waals surface area contributed by atoms with Crippen LogP contribution in [-0.4, -0.2) is 19.9 Å². The quantitative estimate of drug-likeness (QED) is 0.136. The molecule has 0 N–H and O–H groups in total. The summed E-state index contributed by atoms with van der Waals surface area (Å²) in [6.07, 6.45) is 0. The van der Waals surface area contributed by atoms with E-state index in [4.69, 9.17) is 19.9 Å². The standard InChI is InChI=1S/C64H40N6/c65-41-43-16-11-22-47(34-43)49-24-13-27-52(36-49)60-39-59(45-18-3-1-4-19-45)67-64(69-60)54-29-15-26-51(38-54)55-30-7-8-31-56(55)57-32-9-10-33-58(57)62-40-61(68-63(70-62)46-20-5-2-6-21-46)53-28-14-25-50(37-53)48-23-12-17-44(35-48)42-66/h1-40H. The smallest absolute Gasteiger partial charge is 0.160 e. The largest absolute Gasteiger partial charge is 0.228 e. The van der Waals surface area contributed by atoms with Crippen molar-refractivity contribution in [3.05, 3.63) is 254 Å². The zero-order valence-electron chi connectivity index (χ0n) is 37.8. The van der Waals surface area contributed by atoms with Gasteiger partial charge in [-0.25, -0.2) is 19.9 Å². The summed E-state index contributed by atoms with van der Waals surface area (Å²) >= 11 is 0. The predicted octanol–water partition coefficient (Wildman–Crippen LogP) is 15.7. The van der Waals surface area contributed by atoms with Crippen LogP contribution in [0.2, 0.25) is 0 Å². The first-order valence-electron chi connectivity index (χ1n) is 23.0. The maximum absolute atomic E-state index is 9.62. The van der Waals surface area contributed by atoms with E-state index >= 15 is 0 Å². The summed E-state index contributed by atoms with van der Waals surface area (Å²) in [5.74, 6) is 1.23. The van der Waals surface area contributed by atoms with Crippen LogP contribution < -0.4 is 0 Å². The van der Waals surface area contributed by atoms with Crippen molar-refractivity contribution >= 4 is 0 Å². The first-order chi connectivity index (χ1) is 34.6. The number of hydrogen-bond acceptors (Lipinski definition) is 6. The van der Waals surface area contributed by atoms with Gasteiger partial charge in [-0.1, -0.05) is 188 Å². The maximum atomic E-state index is 9.62. The molecule has 326 valence electrons. The van der Waals surface area contributed by atoms with E-state index in [1.54, 1.807) is 0 Å². The lowest BCUT2D eigenvalue weighted by Gasteiger charge is -2.16. The van der Waals surface area contributed by atoms with Gasteiger partial charge in [0.1, 0.15) is 0 Å². The predicted molar refractivity (Wildman–Crippen MR) is 281 cm³/mol. The van der Waals surface area contributed by atoms with Gasteiger partial charge in [0.15, 0.2) is 11.6 Å². The summed E-state index contributed by atoms with van der Waals surface area (Å²) in [7, 11) is 0. The maximum Gasteiger partial charge on any atom is 0.160 e. The Labute approximate surface area is 406 Å². The molecule has 0 aliphatic heterocycles. The average Bonchev–Trinajstić information content (AvgIpc) is 3.45. The van der Waals surface area contributed by atoms with E-state index in [1.165, 1.54) is 0 Å². The topological polar surface area (TPSA) is 99.1 Å². The number of nitrogens with zero attached hydrogens (tertiary/aromatic N) is 6. The monoisotopic (exact) mass is 892 g/mol. The molecule has 0 aliphatic rings. The Hall–Kier alpha value is -9.88. The van der Waals surface area contributed by atoms with Crippen LogP contribution in [0.5, 0.6) is 0 Å². The molecule has 70 heavy (non-hydrogen) atoms. The Morgan fingerprint density at radius 2 is 0.571 bits per heavy atom. The molecule has 0 aliphatic carbocycles. The van der Waals surface area contributed by atoms with E-state index in [-0.39, 0.29) is 0 Å². The number of nitriles is 2. The highest BCUT2D eigenvalue weighted by molar-refractivity contribution is 5.92. The van der Waals surface area contributed by atoms with Crippen LogP contribution in [0.25, 0.3) is 112 Å². The van der Waals surface area contributed by atoms with Crippen LogP contribution >= 0.6 is 0 Å². The molecule has 9 aromatic carbocycles. The van der Waals surface area contributed by atoms with E-state index in [0.717, 1.165) is 101 Å². The van der Waals surface area contributed by atoms with Crippen LogP contribution in [0.15, 0.2) is 243 Å². The van der Waals surface area contributed by atoms with Gasteiger partial charge in [0.05, 0.1) is 46.0 Å². The molecule has 0 bridgehead atoms. The van der Waals surface area contributed by atoms with E-state index < -0.39 is 0 Å². The third-order valence-electron chi connectivity index (χ3n) is 12.4. The van der Waals surface area contributed by atoms with E-state index in [2.05, 4.69) is 140 Å². The Kier molecular flexibility index (Phi) is 11.7. The molecule has 0 atom stereocenters. The van der Waals surface area contributed by atoms with Crippen LogP contribution in [0.1, 0.15) is 11.1 Å². The molecule has 6 nitrogen and oxygen atoms in total. The summed E-state index contributed by atoms with van der Waals surface area (Å²) in [4.78, 5) is 20.9. The fourth-order valence-electron chi connectivity index (χ4n) is 8.92. The first-order valence-corrected chi connectivity index (χ1v) is 23.0. The molecule has 0 saturated carbocycles. The molecule has 0 saturated heterocycles. The van der Waals surface area contributed by atoms with E-state index in [1.807, 2.05) is 115 Å². The van der Waals surface area contributed by atoms with Gasteiger partial charge < -0.3 is 0 Å². The summed E-state index contributed by atoms with van der Waals surface area (Å²) in [6.45, 7) is 0. The van der Waals surface area contributed by atoms with Gasteiger partial charge in [-0.05, 0) is 99.1 Å². The van der Waals surface area contributed by atoms with Crippen LogP contribution in [0, 0.1) is 22.7 Å². The van der Waals surface area contributed by atoms with Crippen molar-refractivity contribution in [2.24, 2.45) is 0 Å². The highest BCUT2D eigenvalue weighted by Crippen LogP contribution is 2.40. The van der Waals surface area contributed by atoms with Gasteiger partial charge >= 0.3 is 0 Å². The van der Waals surface area contributed by atoms with Gasteiger partial charge in [0.25, 0.3) is 0 Å². The second-order valence-corrected chi connectivity index (χ2v) is 16.9. The van der Waals surface area contributed by atoms with Crippen LogP contribution in [-0.2, 0) is 0 Å². The van der Waals surface area contributed by atoms with Crippen molar-refractivity contribution in [1.82, 2.24) is 19.9 Å². The Morgan fingerprint density at radius 1 is 0.229 bits per heavy atom. The summed E-state index contributed by atoms with van der Waals surface area (Å²) in [5, 5.41) is 19.2. The normalized spacial score (nSPS) is 10.8. The highest BCUT2D eigenvalue weighted by Gasteiger charge is 2.18. The van der Waals surface area contributed by atoms with Crippen molar-refractivity contribution in [2.75, 3.05) is 0 Å². The van der Waals surface area contributed by atoms with E-state index in [0.29, 0.717) is 22.8 Å². The number of rotatable bonds is 10. The minimum absolute atomic E-state index is 0.608. The molecular weight excluding hydrogens is 853 g/mol. The second-order valence-electron chi connectivity index (χ2n) is 16.9. The Balaban J connectivity index is 1.01. The van der Waals surface area contributed by atoms with Crippen molar-refractivity contribution in [2.45, 2.75) is 0 Å². The summed E-state index contributed by atoms with van der Waals surface area (Å²) < 4.78 is 0. The molecule has 0 fully saturated rings. The molecule has 0 radical (unpaired) electrons. The molecule has 6 heteroatoms. The van der Waals surface area contributed by atoms with Crippen molar-refractivity contribution < 1.29 is 0 Å². The first kappa shape index (κ1) is 42.7. The van der Waals surface area contributed by atoms with Crippen LogP contribution in [0.4, 0.5) is 0 Å². The van der Waals surface area contributed by atoms with Crippen molar-refractivity contribution in [3.8, 4) is 124 Å². The van der Waals surface area contributed by atoms with Gasteiger partial charge in [-0.2, -0.15) is 10.5 Å². The lowest BCUT2D eigenvalue weighted by Crippen LogP contribution is -1.98. The third-order valence-corrected chi connectivity index (χ3v) is 12.4. The minimum atomic E-state index is 0.608. The minimum Gasteiger partial charge on any atom is -0.228 e.